The Bertz CT molecular complexity index is 490. The first-order valence-corrected chi connectivity index (χ1v) is 6.48. The number of nitrogen functional groups attached to an aromatic ring is 1. The van der Waals surface area contributed by atoms with Gasteiger partial charge in [-0.25, -0.2) is 0 Å². The maximum absolute atomic E-state index is 11.9. The van der Waals surface area contributed by atoms with Crippen molar-refractivity contribution in [1.29, 1.82) is 0 Å². The Morgan fingerprint density at radius 3 is 2.94 bits per heavy atom. The minimum atomic E-state index is -0.170. The number of hydrogen-bond donors (Lipinski definition) is 3. The van der Waals surface area contributed by atoms with Crippen molar-refractivity contribution in [2.24, 2.45) is 0 Å². The molecule has 1 heterocycles. The molecule has 96 valence electrons. The van der Waals surface area contributed by atoms with Gasteiger partial charge in [-0.1, -0.05) is 0 Å². The Kier molecular flexibility index (Phi) is 3.86. The van der Waals surface area contributed by atoms with Gasteiger partial charge in [0.15, 0.2) is 0 Å². The number of hydrogen-bond acceptors (Lipinski definition) is 3. The third-order valence-electron chi connectivity index (χ3n) is 2.86. The van der Waals surface area contributed by atoms with Crippen LogP contribution in [0.3, 0.4) is 0 Å². The van der Waals surface area contributed by atoms with Crippen molar-refractivity contribution in [3.05, 3.63) is 28.2 Å². The standard InChI is InChI=1S/C12H14BrN3O2/c13-9-5-7(1-3-10(9)14)12(18)15-6-8-2-4-11(17)16-8/h1,3,5,8H,2,4,6,14H2,(H,15,18)(H,16,17). The monoisotopic (exact) mass is 311 g/mol. The summed E-state index contributed by atoms with van der Waals surface area (Å²) in [6, 6.07) is 5.07. The van der Waals surface area contributed by atoms with Gasteiger partial charge >= 0.3 is 0 Å². The number of nitrogens with two attached hydrogens (primary N) is 1. The van der Waals surface area contributed by atoms with E-state index in [0.29, 0.717) is 28.7 Å². The van der Waals surface area contributed by atoms with E-state index in [1.165, 1.54) is 0 Å². The summed E-state index contributed by atoms with van der Waals surface area (Å²) in [5.74, 6) is -0.124. The lowest BCUT2D eigenvalue weighted by atomic mass is 10.2. The molecule has 2 amide bonds. The molecule has 1 aliphatic rings. The lowest BCUT2D eigenvalue weighted by Crippen LogP contribution is -2.38. The molecule has 0 aromatic heterocycles. The second-order valence-electron chi connectivity index (χ2n) is 4.25. The molecule has 1 aromatic carbocycles. The molecular weight excluding hydrogens is 298 g/mol. The van der Waals surface area contributed by atoms with Gasteiger partial charge in [0, 0.05) is 34.7 Å². The van der Waals surface area contributed by atoms with E-state index in [4.69, 9.17) is 5.73 Å². The number of halogens is 1. The van der Waals surface area contributed by atoms with Crippen LogP contribution in [0, 0.1) is 0 Å². The van der Waals surface area contributed by atoms with Crippen LogP contribution in [0.5, 0.6) is 0 Å². The van der Waals surface area contributed by atoms with E-state index in [0.717, 1.165) is 6.42 Å². The molecule has 1 atom stereocenters. The summed E-state index contributed by atoms with van der Waals surface area (Å²) in [6.45, 7) is 0.451. The van der Waals surface area contributed by atoms with Crippen molar-refractivity contribution in [3.63, 3.8) is 0 Å². The number of anilines is 1. The SMILES string of the molecule is Nc1ccc(C(=O)NCC2CCC(=O)N2)cc1Br. The molecule has 18 heavy (non-hydrogen) atoms. The normalized spacial score (nSPS) is 18.5. The first-order valence-electron chi connectivity index (χ1n) is 5.69. The van der Waals surface area contributed by atoms with E-state index in [1.54, 1.807) is 18.2 Å². The Balaban J connectivity index is 1.91. The summed E-state index contributed by atoms with van der Waals surface area (Å²) < 4.78 is 0.698. The van der Waals surface area contributed by atoms with Gasteiger partial charge in [0.05, 0.1) is 0 Å². The number of rotatable bonds is 3. The summed E-state index contributed by atoms with van der Waals surface area (Å²) in [5.41, 5.74) is 6.79. The second-order valence-corrected chi connectivity index (χ2v) is 5.10. The highest BCUT2D eigenvalue weighted by Crippen LogP contribution is 2.20. The molecule has 1 aliphatic heterocycles. The van der Waals surface area contributed by atoms with Crippen molar-refractivity contribution in [2.45, 2.75) is 18.9 Å². The van der Waals surface area contributed by atoms with Crippen molar-refractivity contribution in [3.8, 4) is 0 Å². The Morgan fingerprint density at radius 1 is 1.56 bits per heavy atom. The molecule has 0 bridgehead atoms. The summed E-state index contributed by atoms with van der Waals surface area (Å²) in [7, 11) is 0. The van der Waals surface area contributed by atoms with Gasteiger partial charge in [-0.15, -0.1) is 0 Å². The molecule has 0 aliphatic carbocycles. The fourth-order valence-corrected chi connectivity index (χ4v) is 2.20. The molecule has 6 heteroatoms. The van der Waals surface area contributed by atoms with Crippen molar-refractivity contribution >= 4 is 33.4 Å². The predicted molar refractivity (Wildman–Crippen MR) is 72.1 cm³/mol. The molecule has 1 aromatic rings. The number of amides is 2. The van der Waals surface area contributed by atoms with Crippen LogP contribution in [0.15, 0.2) is 22.7 Å². The van der Waals surface area contributed by atoms with Gasteiger partial charge in [0.1, 0.15) is 0 Å². The summed E-state index contributed by atoms with van der Waals surface area (Å²) in [6.07, 6.45) is 1.30. The zero-order chi connectivity index (χ0) is 13.1. The third-order valence-corrected chi connectivity index (χ3v) is 3.54. The van der Waals surface area contributed by atoms with Crippen molar-refractivity contribution < 1.29 is 9.59 Å². The quantitative estimate of drug-likeness (QED) is 0.729. The lowest BCUT2D eigenvalue weighted by Gasteiger charge is -2.11. The largest absolute Gasteiger partial charge is 0.398 e. The maximum atomic E-state index is 11.9. The number of nitrogens with one attached hydrogen (secondary N) is 2. The summed E-state index contributed by atoms with van der Waals surface area (Å²) in [5, 5.41) is 5.59. The van der Waals surface area contributed by atoms with Crippen LogP contribution in [0.25, 0.3) is 0 Å². The van der Waals surface area contributed by atoms with Crippen LogP contribution in [-0.2, 0) is 4.79 Å². The third kappa shape index (κ3) is 3.01. The fourth-order valence-electron chi connectivity index (χ4n) is 1.82. The number of carbonyl (C=O) groups excluding carboxylic acids is 2. The fraction of sp³-hybridized carbons (Fsp3) is 0.333. The summed E-state index contributed by atoms with van der Waals surface area (Å²) in [4.78, 5) is 22.9. The van der Waals surface area contributed by atoms with Gasteiger partial charge in [-0.05, 0) is 40.5 Å². The zero-order valence-corrected chi connectivity index (χ0v) is 11.3. The number of benzene rings is 1. The second kappa shape index (κ2) is 5.39. The average molecular weight is 312 g/mol. The molecular formula is C12H14BrN3O2. The van der Waals surface area contributed by atoms with Crippen LogP contribution >= 0.6 is 15.9 Å². The van der Waals surface area contributed by atoms with Gasteiger partial charge in [0.2, 0.25) is 5.91 Å². The van der Waals surface area contributed by atoms with Gasteiger partial charge in [-0.3, -0.25) is 9.59 Å². The molecule has 0 saturated carbocycles. The van der Waals surface area contributed by atoms with Crippen LogP contribution in [-0.4, -0.2) is 24.4 Å². The molecule has 0 radical (unpaired) electrons. The Hall–Kier alpha value is -1.56. The lowest BCUT2D eigenvalue weighted by molar-refractivity contribution is -0.119. The van der Waals surface area contributed by atoms with Crippen LogP contribution in [0.4, 0.5) is 5.69 Å². The molecule has 0 spiro atoms. The first-order chi connectivity index (χ1) is 8.56. The topological polar surface area (TPSA) is 84.2 Å². The van der Waals surface area contributed by atoms with Crippen molar-refractivity contribution in [1.82, 2.24) is 10.6 Å². The molecule has 1 saturated heterocycles. The maximum Gasteiger partial charge on any atom is 0.251 e. The van der Waals surface area contributed by atoms with Gasteiger partial charge < -0.3 is 16.4 Å². The minimum absolute atomic E-state index is 0.0404. The summed E-state index contributed by atoms with van der Waals surface area (Å²) >= 11 is 3.28. The van der Waals surface area contributed by atoms with Crippen LogP contribution < -0.4 is 16.4 Å². The van der Waals surface area contributed by atoms with Crippen LogP contribution in [0.2, 0.25) is 0 Å². The van der Waals surface area contributed by atoms with Gasteiger partial charge in [-0.2, -0.15) is 0 Å². The number of carbonyl (C=O) groups is 2. The zero-order valence-electron chi connectivity index (χ0n) is 9.70. The first kappa shape index (κ1) is 12.9. The molecule has 5 nitrogen and oxygen atoms in total. The van der Waals surface area contributed by atoms with E-state index in [9.17, 15) is 9.59 Å². The van der Waals surface area contributed by atoms with E-state index in [1.807, 2.05) is 0 Å². The highest BCUT2D eigenvalue weighted by atomic mass is 79.9. The predicted octanol–water partition coefficient (Wildman–Crippen LogP) is 1.04. The van der Waals surface area contributed by atoms with E-state index in [2.05, 4.69) is 26.6 Å². The van der Waals surface area contributed by atoms with E-state index in [-0.39, 0.29) is 17.9 Å². The van der Waals surface area contributed by atoms with Crippen molar-refractivity contribution in [2.75, 3.05) is 12.3 Å². The Morgan fingerprint density at radius 2 is 2.33 bits per heavy atom. The molecule has 1 unspecified atom stereocenters. The van der Waals surface area contributed by atoms with Gasteiger partial charge in [0.25, 0.3) is 5.91 Å². The average Bonchev–Trinajstić information content (AvgIpc) is 2.75. The molecule has 1 fully saturated rings. The smallest absolute Gasteiger partial charge is 0.251 e. The Labute approximate surface area is 113 Å². The van der Waals surface area contributed by atoms with E-state index < -0.39 is 0 Å². The van der Waals surface area contributed by atoms with Crippen LogP contribution in [0.1, 0.15) is 23.2 Å². The highest BCUT2D eigenvalue weighted by Gasteiger charge is 2.21. The molecule has 2 rings (SSSR count). The minimum Gasteiger partial charge on any atom is -0.398 e. The van der Waals surface area contributed by atoms with E-state index >= 15 is 0 Å². The molecule has 4 N–H and O–H groups in total. The highest BCUT2D eigenvalue weighted by molar-refractivity contribution is 9.10.